The summed E-state index contributed by atoms with van der Waals surface area (Å²) < 4.78 is 15.5. The van der Waals surface area contributed by atoms with Gasteiger partial charge in [0, 0.05) is 15.9 Å². The van der Waals surface area contributed by atoms with E-state index in [1.54, 1.807) is 6.08 Å². The summed E-state index contributed by atoms with van der Waals surface area (Å²) in [6.45, 7) is 0. The van der Waals surface area contributed by atoms with Crippen molar-refractivity contribution >= 4 is 23.1 Å². The zero-order valence-corrected chi connectivity index (χ0v) is 20.7. The average Bonchev–Trinajstić information content (AvgIpc) is 2.97. The lowest BCUT2D eigenvalue weighted by molar-refractivity contribution is 0.135. The van der Waals surface area contributed by atoms with Crippen molar-refractivity contribution in [3.05, 3.63) is 174 Å². The monoisotopic (exact) mass is 486 g/mol. The van der Waals surface area contributed by atoms with Gasteiger partial charge in [-0.3, -0.25) is 0 Å². The van der Waals surface area contributed by atoms with Gasteiger partial charge in [0.05, 0.1) is 0 Å². The predicted octanol–water partition coefficient (Wildman–Crippen LogP) is 6.98. The first-order chi connectivity index (χ1) is 17.6. The summed E-state index contributed by atoms with van der Waals surface area (Å²) >= 11 is 0. The molecule has 5 rings (SSSR count). The highest BCUT2D eigenvalue weighted by molar-refractivity contribution is 7.87. The summed E-state index contributed by atoms with van der Waals surface area (Å²) in [6, 6.07) is 48.0. The fourth-order valence-corrected chi connectivity index (χ4v) is 7.50. The van der Waals surface area contributed by atoms with Gasteiger partial charge in [0.2, 0.25) is 0 Å². The van der Waals surface area contributed by atoms with E-state index in [1.165, 1.54) is 0 Å². The summed E-state index contributed by atoms with van der Waals surface area (Å²) in [7, 11) is -3.39. The number of rotatable bonds is 7. The van der Waals surface area contributed by atoms with E-state index in [4.69, 9.17) is 0 Å². The molecule has 0 aliphatic heterocycles. The van der Waals surface area contributed by atoms with Gasteiger partial charge in [-0.1, -0.05) is 152 Å². The van der Waals surface area contributed by atoms with Crippen LogP contribution in [-0.2, 0) is 10.2 Å². The average molecular weight is 487 g/mol. The molecule has 0 radical (unpaired) electrons. The van der Waals surface area contributed by atoms with Crippen LogP contribution in [0.5, 0.6) is 0 Å². The van der Waals surface area contributed by atoms with Gasteiger partial charge in [0.1, 0.15) is 5.60 Å². The lowest BCUT2D eigenvalue weighted by Crippen LogP contribution is -2.26. The van der Waals surface area contributed by atoms with Gasteiger partial charge in [-0.2, -0.15) is 0 Å². The summed E-state index contributed by atoms with van der Waals surface area (Å²) in [5.41, 5.74) is 0.709. The van der Waals surface area contributed by atoms with Crippen molar-refractivity contribution in [1.82, 2.24) is 0 Å². The Bertz CT molecular complexity index is 1400. The van der Waals surface area contributed by atoms with Crippen molar-refractivity contribution in [3.63, 3.8) is 0 Å². The van der Waals surface area contributed by atoms with Crippen molar-refractivity contribution in [2.45, 2.75) is 5.60 Å². The van der Waals surface area contributed by atoms with E-state index in [0.29, 0.717) is 16.4 Å². The van der Waals surface area contributed by atoms with Crippen molar-refractivity contribution in [2.24, 2.45) is 0 Å². The van der Waals surface area contributed by atoms with Crippen LogP contribution in [0.15, 0.2) is 158 Å². The van der Waals surface area contributed by atoms with E-state index in [-0.39, 0.29) is 0 Å². The van der Waals surface area contributed by atoms with E-state index in [9.17, 15) is 5.11 Å². The Morgan fingerprint density at radius 1 is 0.528 bits per heavy atom. The molecule has 0 spiro atoms. The number of benzene rings is 5. The van der Waals surface area contributed by atoms with Crippen LogP contribution in [-0.4, -0.2) is 5.11 Å². The quantitative estimate of drug-likeness (QED) is 0.252. The molecule has 0 amide bonds. The minimum absolute atomic E-state index is 0.593. The molecule has 3 heteroatoms. The van der Waals surface area contributed by atoms with Crippen LogP contribution in [0, 0.1) is 0 Å². The van der Waals surface area contributed by atoms with Crippen molar-refractivity contribution in [1.29, 1.82) is 0 Å². The third kappa shape index (κ3) is 4.50. The molecular weight excluding hydrogens is 459 g/mol. The minimum atomic E-state index is -3.39. The normalized spacial score (nSPS) is 12.3. The second-order valence-corrected chi connectivity index (χ2v) is 11.4. The third-order valence-electron chi connectivity index (χ3n) is 6.42. The van der Waals surface area contributed by atoms with Crippen LogP contribution in [0.3, 0.4) is 0 Å². The predicted molar refractivity (Wildman–Crippen MR) is 150 cm³/mol. The van der Waals surface area contributed by atoms with Crippen LogP contribution in [0.4, 0.5) is 0 Å². The van der Waals surface area contributed by atoms with Gasteiger partial charge < -0.3 is 9.67 Å². The van der Waals surface area contributed by atoms with Crippen LogP contribution in [0.2, 0.25) is 0 Å². The summed E-state index contributed by atoms with van der Waals surface area (Å²) in [6.07, 6.45) is 1.80. The molecule has 0 bridgehead atoms. The molecule has 0 aromatic heterocycles. The number of aliphatic hydroxyl groups is 1. The molecule has 0 unspecified atom stereocenters. The first-order valence-corrected chi connectivity index (χ1v) is 13.7. The highest BCUT2D eigenvalue weighted by Gasteiger charge is 2.37. The Morgan fingerprint density at radius 2 is 0.861 bits per heavy atom. The van der Waals surface area contributed by atoms with Gasteiger partial charge in [0.15, 0.2) is 7.14 Å². The minimum Gasteiger partial charge on any atom is -0.377 e. The lowest BCUT2D eigenvalue weighted by atomic mass is 9.85. The van der Waals surface area contributed by atoms with Crippen molar-refractivity contribution in [3.8, 4) is 0 Å². The maximum Gasteiger partial charge on any atom is 0.171 e. The van der Waals surface area contributed by atoms with Gasteiger partial charge >= 0.3 is 0 Å². The molecule has 0 aliphatic carbocycles. The Hall–Kier alpha value is -3.97. The van der Waals surface area contributed by atoms with E-state index in [0.717, 1.165) is 16.2 Å². The summed E-state index contributed by atoms with van der Waals surface area (Å²) in [5.74, 6) is 0. The fraction of sp³-hybridized carbons (Fsp3) is 0.0303. The first-order valence-electron chi connectivity index (χ1n) is 12.0. The second kappa shape index (κ2) is 10.3. The summed E-state index contributed by atoms with van der Waals surface area (Å²) in [4.78, 5) is 0. The highest BCUT2D eigenvalue weighted by atomic mass is 31.2. The van der Waals surface area contributed by atoms with E-state index < -0.39 is 12.7 Å². The Labute approximate surface area is 212 Å². The molecule has 1 N–H and O–H groups in total. The first kappa shape index (κ1) is 23.8. The largest absolute Gasteiger partial charge is 0.377 e. The van der Waals surface area contributed by atoms with Crippen LogP contribution >= 0.6 is 7.14 Å². The SMILES string of the molecule is O=P(/C(=C/C(O)(c1ccccc1)c1ccccc1)c1ccccc1)(c1ccccc1)c1ccccc1. The molecule has 0 atom stereocenters. The van der Waals surface area contributed by atoms with Gasteiger partial charge in [-0.05, 0) is 22.8 Å². The second-order valence-electron chi connectivity index (χ2n) is 8.67. The zero-order valence-electron chi connectivity index (χ0n) is 19.8. The van der Waals surface area contributed by atoms with Crippen LogP contribution in [0.1, 0.15) is 16.7 Å². The maximum atomic E-state index is 15.5. The fourth-order valence-electron chi connectivity index (χ4n) is 4.58. The molecule has 36 heavy (non-hydrogen) atoms. The van der Waals surface area contributed by atoms with E-state index in [1.807, 2.05) is 152 Å². The third-order valence-corrected chi connectivity index (χ3v) is 9.54. The zero-order chi connectivity index (χ0) is 24.8. The Morgan fingerprint density at radius 3 is 1.25 bits per heavy atom. The Balaban J connectivity index is 1.88. The van der Waals surface area contributed by atoms with Gasteiger partial charge in [0.25, 0.3) is 0 Å². The molecule has 5 aromatic rings. The van der Waals surface area contributed by atoms with Crippen LogP contribution in [0.25, 0.3) is 5.31 Å². The molecule has 5 aromatic carbocycles. The van der Waals surface area contributed by atoms with E-state index >= 15 is 4.57 Å². The van der Waals surface area contributed by atoms with Crippen molar-refractivity contribution < 1.29 is 9.67 Å². The van der Waals surface area contributed by atoms with Crippen molar-refractivity contribution in [2.75, 3.05) is 0 Å². The van der Waals surface area contributed by atoms with Gasteiger partial charge in [-0.15, -0.1) is 0 Å². The molecule has 0 aliphatic rings. The lowest BCUT2D eigenvalue weighted by Gasteiger charge is -2.30. The molecule has 2 nitrogen and oxygen atoms in total. The molecule has 0 fully saturated rings. The number of hydrogen-bond acceptors (Lipinski definition) is 2. The summed E-state index contributed by atoms with van der Waals surface area (Å²) in [5, 5.41) is 14.5. The molecule has 0 saturated heterocycles. The number of hydrogen-bond donors (Lipinski definition) is 1. The van der Waals surface area contributed by atoms with E-state index in [2.05, 4.69) is 0 Å². The molecule has 176 valence electrons. The Kier molecular flexibility index (Phi) is 6.82. The topological polar surface area (TPSA) is 37.3 Å². The standard InChI is InChI=1S/C33H27O2P/c34-33(28-18-8-2-9-19-28,29-20-10-3-11-21-29)26-32(27-16-6-1-7-17-27)36(35,30-22-12-4-13-23-30)31-24-14-5-15-25-31/h1-26,34H/b32-26+. The maximum absolute atomic E-state index is 15.5. The molecule has 0 heterocycles. The smallest absolute Gasteiger partial charge is 0.171 e. The van der Waals surface area contributed by atoms with Gasteiger partial charge in [-0.25, -0.2) is 0 Å². The molecular formula is C33H27O2P. The highest BCUT2D eigenvalue weighted by Crippen LogP contribution is 2.58. The van der Waals surface area contributed by atoms with Crippen LogP contribution < -0.4 is 10.6 Å². The molecule has 0 saturated carbocycles.